The van der Waals surface area contributed by atoms with Crippen LogP contribution in [0.25, 0.3) is 0 Å². The second-order valence-corrected chi connectivity index (χ2v) is 8.58. The van der Waals surface area contributed by atoms with E-state index in [4.69, 9.17) is 14.6 Å². The molecule has 0 saturated heterocycles. The van der Waals surface area contributed by atoms with E-state index < -0.39 is 0 Å². The van der Waals surface area contributed by atoms with Crippen molar-refractivity contribution in [2.24, 2.45) is 5.10 Å². The molecule has 5 rings (SSSR count). The summed E-state index contributed by atoms with van der Waals surface area (Å²) in [6, 6.07) is 23.1. The third-order valence-corrected chi connectivity index (χ3v) is 6.11. The van der Waals surface area contributed by atoms with E-state index in [0.29, 0.717) is 6.61 Å². The Labute approximate surface area is 185 Å². The van der Waals surface area contributed by atoms with Crippen LogP contribution in [0.3, 0.4) is 0 Å². The maximum Gasteiger partial charge on any atom is 0.213 e. The van der Waals surface area contributed by atoms with Gasteiger partial charge in [0, 0.05) is 22.0 Å². The molecule has 152 valence electrons. The number of hydrazone groups is 1. The molecule has 0 bridgehead atoms. The Bertz CT molecular complexity index is 1090. The van der Waals surface area contributed by atoms with Gasteiger partial charge < -0.3 is 9.47 Å². The second-order valence-electron chi connectivity index (χ2n) is 7.67. The number of benzene rings is 3. The maximum atomic E-state index is 6.45. The van der Waals surface area contributed by atoms with Gasteiger partial charge in [0.2, 0.25) is 6.23 Å². The van der Waals surface area contributed by atoms with Gasteiger partial charge in [-0.2, -0.15) is 5.10 Å². The Morgan fingerprint density at radius 3 is 2.57 bits per heavy atom. The lowest BCUT2D eigenvalue weighted by atomic mass is 9.95. The van der Waals surface area contributed by atoms with Crippen molar-refractivity contribution in [2.45, 2.75) is 32.5 Å². The van der Waals surface area contributed by atoms with Crippen LogP contribution in [-0.4, -0.2) is 17.3 Å². The number of ether oxygens (including phenoxy) is 2. The molecule has 0 unspecified atom stereocenters. The summed E-state index contributed by atoms with van der Waals surface area (Å²) < 4.78 is 13.1. The van der Waals surface area contributed by atoms with E-state index in [1.54, 1.807) is 0 Å². The van der Waals surface area contributed by atoms with Gasteiger partial charge in [-0.3, -0.25) is 0 Å². The fourth-order valence-corrected chi connectivity index (χ4v) is 4.47. The molecule has 2 atom stereocenters. The third kappa shape index (κ3) is 3.47. The van der Waals surface area contributed by atoms with Crippen LogP contribution in [0.4, 0.5) is 0 Å². The SMILES string of the molecule is CCOc1ccc([C@@H]2Oc3ccc(Br)cc3[C@@H]3CC(c4ccc(C)cc4)=NN32)cc1. The highest BCUT2D eigenvalue weighted by atomic mass is 79.9. The topological polar surface area (TPSA) is 34.1 Å². The van der Waals surface area contributed by atoms with Crippen molar-refractivity contribution in [1.82, 2.24) is 5.01 Å². The molecule has 2 aliphatic heterocycles. The van der Waals surface area contributed by atoms with Gasteiger partial charge in [-0.25, -0.2) is 5.01 Å². The maximum absolute atomic E-state index is 6.45. The molecule has 0 aliphatic carbocycles. The van der Waals surface area contributed by atoms with Crippen molar-refractivity contribution in [3.63, 3.8) is 0 Å². The molecule has 0 radical (unpaired) electrons. The lowest BCUT2D eigenvalue weighted by Crippen LogP contribution is -2.33. The molecule has 0 spiro atoms. The van der Waals surface area contributed by atoms with Crippen LogP contribution in [0, 0.1) is 6.92 Å². The van der Waals surface area contributed by atoms with Crippen LogP contribution in [0.2, 0.25) is 0 Å². The predicted octanol–water partition coefficient (Wildman–Crippen LogP) is 6.40. The lowest BCUT2D eigenvalue weighted by molar-refractivity contribution is -0.0191. The van der Waals surface area contributed by atoms with Crippen molar-refractivity contribution in [1.29, 1.82) is 0 Å². The summed E-state index contributed by atoms with van der Waals surface area (Å²) in [5, 5.41) is 7.14. The highest BCUT2D eigenvalue weighted by molar-refractivity contribution is 9.10. The summed E-state index contributed by atoms with van der Waals surface area (Å²) in [5.41, 5.74) is 5.73. The van der Waals surface area contributed by atoms with Gasteiger partial charge in [-0.15, -0.1) is 0 Å². The van der Waals surface area contributed by atoms with Gasteiger partial charge in [0.1, 0.15) is 11.5 Å². The zero-order chi connectivity index (χ0) is 20.7. The first kappa shape index (κ1) is 19.2. The van der Waals surface area contributed by atoms with Gasteiger partial charge in [0.25, 0.3) is 0 Å². The van der Waals surface area contributed by atoms with Gasteiger partial charge in [-0.1, -0.05) is 45.8 Å². The standard InChI is InChI=1S/C25H23BrN2O2/c1-3-29-20-11-8-18(9-12-20)25-28-23(21-14-19(26)10-13-24(21)30-25)15-22(27-28)17-6-4-16(2)5-7-17/h4-14,23,25H,3,15H2,1-2H3/t23-,25-/m0/s1. The molecule has 4 nitrogen and oxygen atoms in total. The fourth-order valence-electron chi connectivity index (χ4n) is 4.09. The summed E-state index contributed by atoms with van der Waals surface area (Å²) in [6.07, 6.45) is 0.575. The molecular formula is C25H23BrN2O2. The normalized spacial score (nSPS) is 19.6. The molecule has 0 saturated carbocycles. The lowest BCUT2D eigenvalue weighted by Gasteiger charge is -2.38. The number of nitrogens with zero attached hydrogens (tertiary/aromatic N) is 2. The fraction of sp³-hybridized carbons (Fsp3) is 0.240. The first-order valence-electron chi connectivity index (χ1n) is 10.2. The Balaban J connectivity index is 1.55. The Hall–Kier alpha value is -2.79. The van der Waals surface area contributed by atoms with Crippen molar-refractivity contribution >= 4 is 21.6 Å². The van der Waals surface area contributed by atoms with Gasteiger partial charge in [0.05, 0.1) is 18.4 Å². The van der Waals surface area contributed by atoms with Crippen molar-refractivity contribution in [3.8, 4) is 11.5 Å². The molecule has 3 aromatic carbocycles. The van der Waals surface area contributed by atoms with E-state index in [0.717, 1.165) is 44.8 Å². The summed E-state index contributed by atoms with van der Waals surface area (Å²) in [5.74, 6) is 1.78. The first-order chi connectivity index (χ1) is 14.6. The molecule has 30 heavy (non-hydrogen) atoms. The number of aryl methyl sites for hydroxylation is 1. The van der Waals surface area contributed by atoms with Crippen LogP contribution >= 0.6 is 15.9 Å². The number of hydrogen-bond donors (Lipinski definition) is 0. The summed E-state index contributed by atoms with van der Waals surface area (Å²) >= 11 is 3.61. The van der Waals surface area contributed by atoms with Crippen molar-refractivity contribution in [2.75, 3.05) is 6.61 Å². The van der Waals surface area contributed by atoms with Crippen LogP contribution in [0.5, 0.6) is 11.5 Å². The average molecular weight is 463 g/mol. The number of halogens is 1. The van der Waals surface area contributed by atoms with Crippen LogP contribution < -0.4 is 9.47 Å². The van der Waals surface area contributed by atoms with Gasteiger partial charge >= 0.3 is 0 Å². The summed E-state index contributed by atoms with van der Waals surface area (Å²) in [6.45, 7) is 4.75. The van der Waals surface area contributed by atoms with Crippen molar-refractivity contribution in [3.05, 3.63) is 93.5 Å². The van der Waals surface area contributed by atoms with Gasteiger partial charge in [-0.05, 0) is 61.9 Å². The van der Waals surface area contributed by atoms with E-state index in [1.807, 2.05) is 31.2 Å². The quantitative estimate of drug-likeness (QED) is 0.449. The molecule has 5 heteroatoms. The molecule has 0 amide bonds. The second kappa shape index (κ2) is 7.80. The minimum Gasteiger partial charge on any atom is -0.494 e. The largest absolute Gasteiger partial charge is 0.494 e. The number of fused-ring (bicyclic) bond motifs is 3. The minimum absolute atomic E-state index is 0.138. The molecule has 2 aliphatic rings. The zero-order valence-electron chi connectivity index (χ0n) is 17.0. The molecule has 3 aromatic rings. The van der Waals surface area contributed by atoms with Crippen LogP contribution in [0.15, 0.2) is 76.3 Å². The molecule has 0 aromatic heterocycles. The molecule has 0 N–H and O–H groups in total. The Morgan fingerprint density at radius 2 is 1.83 bits per heavy atom. The van der Waals surface area contributed by atoms with E-state index in [-0.39, 0.29) is 12.3 Å². The first-order valence-corrected chi connectivity index (χ1v) is 11.0. The Morgan fingerprint density at radius 1 is 1.07 bits per heavy atom. The Kier molecular flexibility index (Phi) is 4.99. The predicted molar refractivity (Wildman–Crippen MR) is 122 cm³/mol. The zero-order valence-corrected chi connectivity index (χ0v) is 18.6. The number of rotatable bonds is 4. The van der Waals surface area contributed by atoms with Gasteiger partial charge in [0.15, 0.2) is 0 Å². The van der Waals surface area contributed by atoms with E-state index >= 15 is 0 Å². The summed E-state index contributed by atoms with van der Waals surface area (Å²) in [4.78, 5) is 0. The van der Waals surface area contributed by atoms with Crippen molar-refractivity contribution < 1.29 is 9.47 Å². The minimum atomic E-state index is -0.276. The molecule has 2 heterocycles. The summed E-state index contributed by atoms with van der Waals surface area (Å²) in [7, 11) is 0. The van der Waals surface area contributed by atoms with Crippen LogP contribution in [0.1, 0.15) is 47.9 Å². The average Bonchev–Trinajstić information content (AvgIpc) is 3.20. The van der Waals surface area contributed by atoms with E-state index in [1.165, 1.54) is 5.56 Å². The molecular weight excluding hydrogens is 440 g/mol. The highest BCUT2D eigenvalue weighted by Crippen LogP contribution is 2.48. The molecule has 0 fully saturated rings. The monoisotopic (exact) mass is 462 g/mol. The highest BCUT2D eigenvalue weighted by Gasteiger charge is 2.41. The van der Waals surface area contributed by atoms with E-state index in [2.05, 4.69) is 70.3 Å². The number of hydrogen-bond acceptors (Lipinski definition) is 4. The van der Waals surface area contributed by atoms with Crippen LogP contribution in [-0.2, 0) is 0 Å². The smallest absolute Gasteiger partial charge is 0.213 e. The van der Waals surface area contributed by atoms with E-state index in [9.17, 15) is 0 Å². The third-order valence-electron chi connectivity index (χ3n) is 5.61.